The van der Waals surface area contributed by atoms with Gasteiger partial charge in [-0.05, 0) is 18.6 Å². The van der Waals surface area contributed by atoms with Crippen molar-refractivity contribution >= 4 is 24.1 Å². The number of alkyl halides is 1. The van der Waals surface area contributed by atoms with Gasteiger partial charge in [-0.1, -0.05) is 18.2 Å². The number of rotatable bonds is 6. The van der Waals surface area contributed by atoms with Gasteiger partial charge in [-0.25, -0.2) is 9.18 Å². The number of benzene rings is 1. The first-order chi connectivity index (χ1) is 9.63. The van der Waals surface area contributed by atoms with Crippen molar-refractivity contribution in [3.8, 4) is 0 Å². The molecule has 1 aromatic carbocycles. The Morgan fingerprint density at radius 3 is 2.81 bits per heavy atom. The first-order valence-electron chi connectivity index (χ1n) is 6.27. The van der Waals surface area contributed by atoms with E-state index in [0.717, 1.165) is 11.4 Å². The van der Waals surface area contributed by atoms with Crippen molar-refractivity contribution in [2.75, 3.05) is 12.0 Å². The second-order valence-electron chi connectivity index (χ2n) is 4.37. The summed E-state index contributed by atoms with van der Waals surface area (Å²) in [5.74, 6) is -0.952. The summed E-state index contributed by atoms with van der Waals surface area (Å²) in [5, 5.41) is 16.3. The predicted molar refractivity (Wildman–Crippen MR) is 80.9 cm³/mol. The van der Waals surface area contributed by atoms with Gasteiger partial charge in [0, 0.05) is 6.54 Å². The number of nitrogens with one attached hydrogen (secondary N) is 1. The molecule has 0 aliphatic carbocycles. The van der Waals surface area contributed by atoms with E-state index in [0.29, 0.717) is 12.1 Å². The maximum absolute atomic E-state index is 12.3. The zero-order valence-corrected chi connectivity index (χ0v) is 12.4. The van der Waals surface area contributed by atoms with Crippen LogP contribution in [0.25, 0.3) is 0 Å². The van der Waals surface area contributed by atoms with E-state index in [2.05, 4.69) is 10.4 Å². The van der Waals surface area contributed by atoms with Gasteiger partial charge in [-0.2, -0.15) is 5.10 Å². The Hall–Kier alpha value is -2.08. The number of hydrogen-bond acceptors (Lipinski definition) is 3. The first kappa shape index (κ1) is 17.0. The van der Waals surface area contributed by atoms with Crippen LogP contribution in [0, 0.1) is 6.92 Å². The van der Waals surface area contributed by atoms with E-state index in [1.54, 1.807) is 35.1 Å². The molecule has 114 valence electrons. The molecule has 0 aliphatic heterocycles. The largest absolute Gasteiger partial charge is 0.478 e. The molecule has 0 amide bonds. The number of carboxylic acid groups (broad SMARTS) is 1. The monoisotopic (exact) mass is 313 g/mol. The molecule has 0 bridgehead atoms. The quantitative estimate of drug-likeness (QED) is 0.860. The van der Waals surface area contributed by atoms with E-state index >= 15 is 0 Å². The molecule has 0 fully saturated rings. The van der Waals surface area contributed by atoms with Crippen molar-refractivity contribution in [2.24, 2.45) is 0 Å². The van der Waals surface area contributed by atoms with Crippen LogP contribution >= 0.6 is 12.4 Å². The third-order valence-corrected chi connectivity index (χ3v) is 3.12. The number of halogens is 2. The van der Waals surface area contributed by atoms with Gasteiger partial charge in [0.05, 0.1) is 29.7 Å². The molecule has 2 N–H and O–H groups in total. The minimum Gasteiger partial charge on any atom is -0.478 e. The van der Waals surface area contributed by atoms with Gasteiger partial charge in [0.25, 0.3) is 0 Å². The fraction of sp³-hybridized carbons (Fsp3) is 0.286. The fourth-order valence-electron chi connectivity index (χ4n) is 2.00. The summed E-state index contributed by atoms with van der Waals surface area (Å²) in [5.41, 5.74) is 2.57. The van der Waals surface area contributed by atoms with Crippen LogP contribution in [-0.4, -0.2) is 27.5 Å². The molecule has 0 spiro atoms. The van der Waals surface area contributed by atoms with E-state index in [4.69, 9.17) is 5.11 Å². The molecule has 1 aromatic heterocycles. The third kappa shape index (κ3) is 3.95. The molecule has 0 saturated heterocycles. The lowest BCUT2D eigenvalue weighted by atomic mass is 10.1. The number of carboxylic acids is 1. The Bertz CT molecular complexity index is 616. The Kier molecular flexibility index (Phi) is 6.17. The highest BCUT2D eigenvalue weighted by atomic mass is 35.5. The predicted octanol–water partition coefficient (Wildman–Crippen LogP) is 2.89. The van der Waals surface area contributed by atoms with Gasteiger partial charge >= 0.3 is 5.97 Å². The topological polar surface area (TPSA) is 67.2 Å². The van der Waals surface area contributed by atoms with Crippen molar-refractivity contribution in [1.29, 1.82) is 0 Å². The van der Waals surface area contributed by atoms with E-state index in [1.165, 1.54) is 0 Å². The molecule has 0 saturated carbocycles. The number of carbonyl (C=O) groups is 1. The molecule has 0 unspecified atom stereocenters. The minimum absolute atomic E-state index is 0. The average Bonchev–Trinajstić information content (AvgIpc) is 2.78. The molecular weight excluding hydrogens is 297 g/mol. The molecule has 7 heteroatoms. The molecule has 0 aliphatic rings. The Labute approximate surface area is 128 Å². The first-order valence-corrected chi connectivity index (χ1v) is 6.27. The summed E-state index contributed by atoms with van der Waals surface area (Å²) >= 11 is 0. The van der Waals surface area contributed by atoms with Crippen molar-refractivity contribution in [3.05, 3.63) is 47.3 Å². The van der Waals surface area contributed by atoms with Crippen LogP contribution < -0.4 is 5.32 Å². The standard InChI is InChI=1S/C14H16FN3O2.ClH/c1-10-13(9-17-18(10)7-6-15)16-8-11-4-2-3-5-12(11)14(19)20;/h2-5,9,16H,6-8H2,1H3,(H,19,20);1H. The number of hydrogen-bond donors (Lipinski definition) is 2. The van der Waals surface area contributed by atoms with Crippen LogP contribution in [0.5, 0.6) is 0 Å². The summed E-state index contributed by atoms with van der Waals surface area (Å²) in [6.45, 7) is 1.97. The van der Waals surface area contributed by atoms with Gasteiger partial charge in [0.1, 0.15) is 6.67 Å². The lowest BCUT2D eigenvalue weighted by Gasteiger charge is -2.09. The Morgan fingerprint density at radius 2 is 2.14 bits per heavy atom. The van der Waals surface area contributed by atoms with Crippen molar-refractivity contribution in [2.45, 2.75) is 20.0 Å². The normalized spacial score (nSPS) is 10.0. The van der Waals surface area contributed by atoms with Gasteiger partial charge in [-0.15, -0.1) is 12.4 Å². The third-order valence-electron chi connectivity index (χ3n) is 3.12. The average molecular weight is 314 g/mol. The molecule has 21 heavy (non-hydrogen) atoms. The lowest BCUT2D eigenvalue weighted by Crippen LogP contribution is -2.08. The fourth-order valence-corrected chi connectivity index (χ4v) is 2.00. The van der Waals surface area contributed by atoms with E-state index in [9.17, 15) is 9.18 Å². The maximum Gasteiger partial charge on any atom is 0.336 e. The Balaban J connectivity index is 0.00000220. The highest BCUT2D eigenvalue weighted by molar-refractivity contribution is 5.89. The lowest BCUT2D eigenvalue weighted by molar-refractivity contribution is 0.0696. The van der Waals surface area contributed by atoms with Crippen molar-refractivity contribution in [3.63, 3.8) is 0 Å². The van der Waals surface area contributed by atoms with E-state index < -0.39 is 12.6 Å². The SMILES string of the molecule is Cc1c(NCc2ccccc2C(=O)O)cnn1CCF.Cl. The molecule has 1 heterocycles. The van der Waals surface area contributed by atoms with E-state index in [-0.39, 0.29) is 24.5 Å². The van der Waals surface area contributed by atoms with Crippen LogP contribution in [0.3, 0.4) is 0 Å². The smallest absolute Gasteiger partial charge is 0.336 e. The highest BCUT2D eigenvalue weighted by Gasteiger charge is 2.10. The molecule has 0 atom stereocenters. The number of nitrogens with zero attached hydrogens (tertiary/aromatic N) is 2. The molecule has 2 aromatic rings. The zero-order valence-electron chi connectivity index (χ0n) is 11.5. The van der Waals surface area contributed by atoms with Crippen LogP contribution in [0.15, 0.2) is 30.5 Å². The summed E-state index contributed by atoms with van der Waals surface area (Å²) in [4.78, 5) is 11.1. The number of aryl methyl sites for hydroxylation is 1. The highest BCUT2D eigenvalue weighted by Crippen LogP contribution is 2.16. The van der Waals surface area contributed by atoms with Crippen molar-refractivity contribution in [1.82, 2.24) is 9.78 Å². The summed E-state index contributed by atoms with van der Waals surface area (Å²) in [7, 11) is 0. The Morgan fingerprint density at radius 1 is 1.43 bits per heavy atom. The number of aromatic carboxylic acids is 1. The minimum atomic E-state index is -0.952. The summed E-state index contributed by atoms with van der Waals surface area (Å²) in [6, 6.07) is 6.82. The van der Waals surface area contributed by atoms with E-state index in [1.807, 2.05) is 6.92 Å². The second kappa shape index (κ2) is 7.64. The number of anilines is 1. The van der Waals surface area contributed by atoms with Crippen LogP contribution in [0.4, 0.5) is 10.1 Å². The maximum atomic E-state index is 12.3. The van der Waals surface area contributed by atoms with Crippen molar-refractivity contribution < 1.29 is 14.3 Å². The molecular formula is C14H17ClFN3O2. The van der Waals surface area contributed by atoms with Crippen LogP contribution in [-0.2, 0) is 13.1 Å². The second-order valence-corrected chi connectivity index (χ2v) is 4.37. The van der Waals surface area contributed by atoms with Crippen LogP contribution in [0.1, 0.15) is 21.6 Å². The number of aromatic nitrogens is 2. The molecule has 0 radical (unpaired) electrons. The summed E-state index contributed by atoms with van der Waals surface area (Å²) in [6.07, 6.45) is 1.62. The van der Waals surface area contributed by atoms with Gasteiger partial charge in [-0.3, -0.25) is 4.68 Å². The molecule has 5 nitrogen and oxygen atoms in total. The van der Waals surface area contributed by atoms with Gasteiger partial charge in [0.2, 0.25) is 0 Å². The van der Waals surface area contributed by atoms with Gasteiger partial charge in [0.15, 0.2) is 0 Å². The van der Waals surface area contributed by atoms with Crippen LogP contribution in [0.2, 0.25) is 0 Å². The molecule has 2 rings (SSSR count). The summed E-state index contributed by atoms with van der Waals surface area (Å²) < 4.78 is 13.9. The van der Waals surface area contributed by atoms with Gasteiger partial charge < -0.3 is 10.4 Å². The zero-order chi connectivity index (χ0) is 14.5.